The number of hydrogen-bond acceptors (Lipinski definition) is 8. The van der Waals surface area contributed by atoms with Gasteiger partial charge in [-0.25, -0.2) is 4.79 Å². The average molecular weight is 318 g/mol. The first-order valence-corrected chi connectivity index (χ1v) is 6.74. The summed E-state index contributed by atoms with van der Waals surface area (Å²) in [5.41, 5.74) is 0. The van der Waals surface area contributed by atoms with Gasteiger partial charge in [0, 0.05) is 26.8 Å². The van der Waals surface area contributed by atoms with Crippen molar-refractivity contribution in [3.05, 3.63) is 22.1 Å². The van der Waals surface area contributed by atoms with Crippen molar-refractivity contribution < 1.29 is 28.2 Å². The fraction of sp³-hybridized carbons (Fsp3) is 0.692. The van der Waals surface area contributed by atoms with E-state index in [-0.39, 0.29) is 19.2 Å². The van der Waals surface area contributed by atoms with E-state index < -0.39 is 17.8 Å². The van der Waals surface area contributed by atoms with Crippen LogP contribution in [-0.2, 0) is 20.8 Å². The molecule has 126 valence electrons. The Morgan fingerprint density at radius 3 is 2.41 bits per heavy atom. The average Bonchev–Trinajstić information content (AvgIpc) is 2.78. The summed E-state index contributed by atoms with van der Waals surface area (Å²) in [6, 6.07) is -0.983. The van der Waals surface area contributed by atoms with Crippen molar-refractivity contribution in [3.8, 4) is 0 Å². The molecule has 9 nitrogen and oxygen atoms in total. The van der Waals surface area contributed by atoms with Gasteiger partial charge >= 0.3 is 11.8 Å². The minimum Gasteiger partial charge on any atom is -0.480 e. The summed E-state index contributed by atoms with van der Waals surface area (Å²) in [6.45, 7) is 2.66. The van der Waals surface area contributed by atoms with E-state index in [0.29, 0.717) is 24.7 Å². The van der Waals surface area contributed by atoms with E-state index >= 15 is 0 Å². The number of carbonyl (C=O) groups is 1. The van der Waals surface area contributed by atoms with Gasteiger partial charge in [-0.15, -0.1) is 0 Å². The number of carboxylic acid groups (broad SMARTS) is 1. The van der Waals surface area contributed by atoms with E-state index in [1.165, 1.54) is 7.11 Å². The Bertz CT molecular complexity index is 511. The van der Waals surface area contributed by atoms with E-state index in [2.05, 4.69) is 10.6 Å². The van der Waals surface area contributed by atoms with Crippen molar-refractivity contribution in [2.24, 2.45) is 0 Å². The predicted octanol–water partition coefficient (Wildman–Crippen LogP) is -0.665. The highest BCUT2D eigenvalue weighted by Gasteiger charge is 2.19. The van der Waals surface area contributed by atoms with Gasteiger partial charge in [0.05, 0.1) is 19.8 Å². The van der Waals surface area contributed by atoms with Crippen LogP contribution in [0.15, 0.2) is 13.6 Å². The van der Waals surface area contributed by atoms with Crippen LogP contribution in [-0.4, -0.2) is 57.1 Å². The second-order valence-corrected chi connectivity index (χ2v) is 4.72. The van der Waals surface area contributed by atoms with Crippen LogP contribution in [0.2, 0.25) is 0 Å². The summed E-state index contributed by atoms with van der Waals surface area (Å²) in [6.07, 6.45) is 0. The molecule has 1 heterocycles. The second-order valence-electron chi connectivity index (χ2n) is 4.72. The number of nitrogens with one attached hydrogen (secondary N) is 2. The Morgan fingerprint density at radius 1 is 1.23 bits per heavy atom. The largest absolute Gasteiger partial charge is 0.519 e. The molecule has 0 saturated heterocycles. The van der Waals surface area contributed by atoms with Gasteiger partial charge in [0.1, 0.15) is 11.8 Å². The van der Waals surface area contributed by atoms with E-state index in [1.807, 2.05) is 0 Å². The zero-order chi connectivity index (χ0) is 16.5. The molecule has 0 aromatic carbocycles. The van der Waals surface area contributed by atoms with Gasteiger partial charge in [0.2, 0.25) is 0 Å². The lowest BCUT2D eigenvalue weighted by Gasteiger charge is -2.20. The van der Waals surface area contributed by atoms with Crippen molar-refractivity contribution in [3.63, 3.8) is 0 Å². The normalized spacial score (nSPS) is 14.0. The second kappa shape index (κ2) is 9.36. The third-order valence-corrected chi connectivity index (χ3v) is 3.00. The molecule has 0 bridgehead atoms. The van der Waals surface area contributed by atoms with Gasteiger partial charge in [-0.05, 0) is 6.92 Å². The Labute approximate surface area is 127 Å². The first-order valence-electron chi connectivity index (χ1n) is 6.74. The third kappa shape index (κ3) is 5.98. The molecular formula is C13H22N2O7. The molecule has 3 N–H and O–H groups in total. The number of methoxy groups -OCH3 is 2. The number of aliphatic carboxylic acids is 1. The van der Waals surface area contributed by atoms with Crippen LogP contribution in [0.5, 0.6) is 0 Å². The molecule has 1 unspecified atom stereocenters. The van der Waals surface area contributed by atoms with Crippen LogP contribution in [0.4, 0.5) is 0 Å². The monoisotopic (exact) mass is 318 g/mol. The van der Waals surface area contributed by atoms with Crippen LogP contribution in [0, 0.1) is 6.92 Å². The quantitative estimate of drug-likeness (QED) is 0.487. The van der Waals surface area contributed by atoms with Crippen LogP contribution in [0.1, 0.15) is 11.5 Å². The molecule has 0 spiro atoms. The topological polar surface area (TPSA) is 123 Å². The molecule has 0 radical (unpaired) electrons. The van der Waals surface area contributed by atoms with Crippen LogP contribution in [0.3, 0.4) is 0 Å². The Morgan fingerprint density at radius 2 is 1.91 bits per heavy atom. The summed E-state index contributed by atoms with van der Waals surface area (Å²) in [5.74, 6) is -0.932. The van der Waals surface area contributed by atoms with Crippen molar-refractivity contribution in [1.29, 1.82) is 0 Å². The lowest BCUT2D eigenvalue weighted by molar-refractivity contribution is -0.140. The molecule has 0 amide bonds. The van der Waals surface area contributed by atoms with E-state index in [4.69, 9.17) is 23.4 Å². The van der Waals surface area contributed by atoms with Crippen LogP contribution >= 0.6 is 0 Å². The van der Waals surface area contributed by atoms with Crippen molar-refractivity contribution in [2.75, 3.05) is 34.0 Å². The molecule has 1 aromatic rings. The van der Waals surface area contributed by atoms with E-state index in [9.17, 15) is 9.59 Å². The number of carboxylic acids is 1. The molecule has 2 atom stereocenters. The van der Waals surface area contributed by atoms with Gasteiger partial charge in [-0.1, -0.05) is 0 Å². The highest BCUT2D eigenvalue weighted by molar-refractivity contribution is 5.73. The maximum Gasteiger partial charge on any atom is 0.519 e. The van der Waals surface area contributed by atoms with Crippen molar-refractivity contribution in [2.45, 2.75) is 25.6 Å². The van der Waals surface area contributed by atoms with E-state index in [1.54, 1.807) is 14.0 Å². The molecule has 1 aromatic heterocycles. The molecule has 1 rings (SSSR count). The highest BCUT2D eigenvalue weighted by Crippen LogP contribution is 2.04. The molecule has 0 saturated carbocycles. The highest BCUT2D eigenvalue weighted by atomic mass is 16.6. The third-order valence-electron chi connectivity index (χ3n) is 3.00. The maximum atomic E-state index is 11.0. The van der Waals surface area contributed by atoms with Gasteiger partial charge in [-0.3, -0.25) is 4.79 Å². The minimum atomic E-state index is -0.991. The number of hydrogen-bond donors (Lipinski definition) is 3. The lowest BCUT2D eigenvalue weighted by Crippen LogP contribution is -2.48. The first kappa shape index (κ1) is 18.4. The van der Waals surface area contributed by atoms with Crippen molar-refractivity contribution >= 4 is 5.97 Å². The minimum absolute atomic E-state index is 0.0603. The number of ether oxygens (including phenoxy) is 2. The van der Waals surface area contributed by atoms with Gasteiger partial charge in [0.25, 0.3) is 0 Å². The smallest absolute Gasteiger partial charge is 0.480 e. The molecule has 22 heavy (non-hydrogen) atoms. The first-order chi connectivity index (χ1) is 10.5. The number of aryl methyl sites for hydroxylation is 1. The predicted molar refractivity (Wildman–Crippen MR) is 75.8 cm³/mol. The number of rotatable bonds is 11. The van der Waals surface area contributed by atoms with Crippen molar-refractivity contribution in [1.82, 2.24) is 10.6 Å². The molecule has 0 aliphatic rings. The SMILES string of the molecule is COCC(NC[C@@H](COC)NCc1oc(=O)oc1C)C(=O)O. The zero-order valence-electron chi connectivity index (χ0n) is 12.9. The summed E-state index contributed by atoms with van der Waals surface area (Å²) in [4.78, 5) is 22.0. The van der Waals surface area contributed by atoms with Gasteiger partial charge in [-0.2, -0.15) is 0 Å². The lowest BCUT2D eigenvalue weighted by atomic mass is 10.2. The summed E-state index contributed by atoms with van der Waals surface area (Å²) in [5, 5.41) is 15.0. The fourth-order valence-electron chi connectivity index (χ4n) is 1.83. The van der Waals surface area contributed by atoms with E-state index in [0.717, 1.165) is 0 Å². The Balaban J connectivity index is 2.52. The van der Waals surface area contributed by atoms with Crippen LogP contribution < -0.4 is 16.5 Å². The molecule has 9 heteroatoms. The van der Waals surface area contributed by atoms with Gasteiger partial charge in [0.15, 0.2) is 5.76 Å². The van der Waals surface area contributed by atoms with Crippen LogP contribution in [0.25, 0.3) is 0 Å². The standard InChI is InChI=1S/C13H22N2O7/c1-8-11(22-13(18)21-8)5-14-9(6-19-2)4-15-10(7-20-3)12(16)17/h9-10,14-15H,4-7H2,1-3H3,(H,16,17)/t9-,10?/m0/s1. The fourth-order valence-corrected chi connectivity index (χ4v) is 1.83. The molecule has 0 aliphatic heterocycles. The summed E-state index contributed by atoms with van der Waals surface area (Å²) in [7, 11) is 2.98. The molecule has 0 aliphatic carbocycles. The summed E-state index contributed by atoms with van der Waals surface area (Å²) >= 11 is 0. The Hall–Kier alpha value is -1.68. The summed E-state index contributed by atoms with van der Waals surface area (Å²) < 4.78 is 19.6. The maximum absolute atomic E-state index is 11.0. The molecular weight excluding hydrogens is 296 g/mol. The zero-order valence-corrected chi connectivity index (χ0v) is 12.9. The Kier molecular flexibility index (Phi) is 7.82. The van der Waals surface area contributed by atoms with Gasteiger partial charge < -0.3 is 34.0 Å². The molecule has 0 fully saturated rings.